The van der Waals surface area contributed by atoms with Crippen LogP contribution in [0.4, 0.5) is 8.78 Å². The maximum Gasteiger partial charge on any atom is 0.387 e. The number of carbonyl (C=O) groups excluding carboxylic acids is 1. The Morgan fingerprint density at radius 1 is 1.08 bits per heavy atom. The molecular formula is C18H20F2N2O2. The Morgan fingerprint density at radius 2 is 1.71 bits per heavy atom. The molecule has 2 rings (SSSR count). The van der Waals surface area contributed by atoms with Gasteiger partial charge < -0.3 is 15.0 Å². The van der Waals surface area contributed by atoms with Crippen molar-refractivity contribution in [1.29, 1.82) is 0 Å². The van der Waals surface area contributed by atoms with Gasteiger partial charge in [-0.3, -0.25) is 4.79 Å². The van der Waals surface area contributed by atoms with E-state index in [0.717, 1.165) is 5.56 Å². The molecule has 0 heterocycles. The van der Waals surface area contributed by atoms with Crippen molar-refractivity contribution in [2.75, 3.05) is 20.6 Å². The molecule has 0 aliphatic heterocycles. The van der Waals surface area contributed by atoms with Crippen LogP contribution < -0.4 is 10.1 Å². The quantitative estimate of drug-likeness (QED) is 0.844. The van der Waals surface area contributed by atoms with Gasteiger partial charge in [0.15, 0.2) is 0 Å². The molecule has 0 radical (unpaired) electrons. The molecule has 2 aromatic rings. The van der Waals surface area contributed by atoms with Crippen molar-refractivity contribution in [3.63, 3.8) is 0 Å². The summed E-state index contributed by atoms with van der Waals surface area (Å²) >= 11 is 0. The number of halogens is 2. The molecule has 6 heteroatoms. The molecule has 128 valence electrons. The van der Waals surface area contributed by atoms with Crippen LogP contribution in [-0.2, 0) is 0 Å². The van der Waals surface area contributed by atoms with Gasteiger partial charge >= 0.3 is 6.61 Å². The lowest BCUT2D eigenvalue weighted by molar-refractivity contribution is -0.0498. The first-order valence-electron chi connectivity index (χ1n) is 7.51. The van der Waals surface area contributed by atoms with Gasteiger partial charge in [0.2, 0.25) is 0 Å². The number of likely N-dealkylation sites (N-methyl/N-ethyl adjacent to an activating group) is 1. The Bertz CT molecular complexity index is 646. The predicted molar refractivity (Wildman–Crippen MR) is 88.3 cm³/mol. The third-order valence-electron chi connectivity index (χ3n) is 3.40. The number of hydrogen-bond donors (Lipinski definition) is 1. The molecule has 0 saturated carbocycles. The maximum absolute atomic E-state index is 12.4. The minimum absolute atomic E-state index is 0.0226. The van der Waals surface area contributed by atoms with Crippen molar-refractivity contribution in [2.45, 2.75) is 12.7 Å². The maximum atomic E-state index is 12.4. The number of rotatable bonds is 7. The number of hydrogen-bond acceptors (Lipinski definition) is 3. The molecule has 0 spiro atoms. The van der Waals surface area contributed by atoms with E-state index in [9.17, 15) is 13.6 Å². The molecule has 2 aromatic carbocycles. The summed E-state index contributed by atoms with van der Waals surface area (Å²) in [7, 11) is 3.86. The van der Waals surface area contributed by atoms with Crippen molar-refractivity contribution < 1.29 is 18.3 Å². The number of ether oxygens (including phenoxy) is 1. The first-order chi connectivity index (χ1) is 11.5. The summed E-state index contributed by atoms with van der Waals surface area (Å²) in [6.07, 6.45) is 0. The van der Waals surface area contributed by atoms with Gasteiger partial charge in [-0.1, -0.05) is 30.3 Å². The Morgan fingerprint density at radius 3 is 2.25 bits per heavy atom. The van der Waals surface area contributed by atoms with Gasteiger partial charge in [0.05, 0.1) is 6.04 Å². The zero-order chi connectivity index (χ0) is 17.5. The summed E-state index contributed by atoms with van der Waals surface area (Å²) in [5.74, 6) is -0.247. The molecule has 0 fully saturated rings. The van der Waals surface area contributed by atoms with Crippen LogP contribution >= 0.6 is 0 Å². The first kappa shape index (κ1) is 17.9. The molecule has 0 saturated heterocycles. The van der Waals surface area contributed by atoms with Crippen molar-refractivity contribution in [3.8, 4) is 5.75 Å². The summed E-state index contributed by atoms with van der Waals surface area (Å²) in [6.45, 7) is -2.24. The van der Waals surface area contributed by atoms with Gasteiger partial charge in [0.1, 0.15) is 5.75 Å². The minimum Gasteiger partial charge on any atom is -0.435 e. The van der Waals surface area contributed by atoms with E-state index in [4.69, 9.17) is 0 Å². The zero-order valence-corrected chi connectivity index (χ0v) is 13.6. The van der Waals surface area contributed by atoms with Gasteiger partial charge in [-0.2, -0.15) is 8.78 Å². The number of amides is 1. The monoisotopic (exact) mass is 334 g/mol. The predicted octanol–water partition coefficient (Wildman–Crippen LogP) is 3.32. The highest BCUT2D eigenvalue weighted by molar-refractivity contribution is 5.94. The second kappa shape index (κ2) is 8.40. The molecule has 4 nitrogen and oxygen atoms in total. The van der Waals surface area contributed by atoms with Crippen LogP contribution in [0.3, 0.4) is 0 Å². The minimum atomic E-state index is -2.88. The van der Waals surface area contributed by atoms with E-state index in [1.165, 1.54) is 24.3 Å². The van der Waals surface area contributed by atoms with Crippen LogP contribution in [-0.4, -0.2) is 38.1 Å². The van der Waals surface area contributed by atoms with Crippen LogP contribution in [0, 0.1) is 0 Å². The van der Waals surface area contributed by atoms with E-state index in [2.05, 4.69) is 10.1 Å². The standard InChI is InChI=1S/C18H20F2N2O2/c1-22(2)12-16(13-6-4-3-5-7-13)21-17(23)14-8-10-15(11-9-14)24-18(19)20/h3-11,16,18H,12H2,1-2H3,(H,21,23)/t16-/m0/s1. The van der Waals surface area contributed by atoms with Crippen molar-refractivity contribution in [1.82, 2.24) is 10.2 Å². The van der Waals surface area contributed by atoms with Crippen LogP contribution in [0.5, 0.6) is 5.75 Å². The molecule has 0 bridgehead atoms. The fourth-order valence-electron chi connectivity index (χ4n) is 2.31. The topological polar surface area (TPSA) is 41.6 Å². The van der Waals surface area contributed by atoms with Gasteiger partial charge in [-0.15, -0.1) is 0 Å². The number of nitrogens with zero attached hydrogens (tertiary/aromatic N) is 1. The van der Waals surface area contributed by atoms with Crippen LogP contribution in [0.1, 0.15) is 22.0 Å². The number of benzene rings is 2. The lowest BCUT2D eigenvalue weighted by Crippen LogP contribution is -2.35. The Labute approximate surface area is 140 Å². The van der Waals surface area contributed by atoms with E-state index in [1.807, 2.05) is 49.3 Å². The highest BCUT2D eigenvalue weighted by Gasteiger charge is 2.16. The van der Waals surface area contributed by atoms with E-state index in [0.29, 0.717) is 12.1 Å². The Kier molecular flexibility index (Phi) is 6.26. The van der Waals surface area contributed by atoms with Crippen LogP contribution in [0.25, 0.3) is 0 Å². The van der Waals surface area contributed by atoms with Crippen molar-refractivity contribution >= 4 is 5.91 Å². The smallest absolute Gasteiger partial charge is 0.387 e. The third kappa shape index (κ3) is 5.31. The van der Waals surface area contributed by atoms with Crippen LogP contribution in [0.15, 0.2) is 54.6 Å². The largest absolute Gasteiger partial charge is 0.435 e. The van der Waals surface area contributed by atoms with E-state index in [-0.39, 0.29) is 17.7 Å². The second-order valence-electron chi connectivity index (χ2n) is 5.60. The van der Waals surface area contributed by atoms with Crippen molar-refractivity contribution in [2.24, 2.45) is 0 Å². The third-order valence-corrected chi connectivity index (χ3v) is 3.40. The summed E-state index contributed by atoms with van der Waals surface area (Å²) in [5.41, 5.74) is 1.38. The molecule has 1 N–H and O–H groups in total. The van der Waals surface area contributed by atoms with E-state index < -0.39 is 6.61 Å². The highest BCUT2D eigenvalue weighted by atomic mass is 19.3. The Balaban J connectivity index is 2.09. The summed E-state index contributed by atoms with van der Waals surface area (Å²) in [6, 6.07) is 15.1. The van der Waals surface area contributed by atoms with Gasteiger partial charge in [0.25, 0.3) is 5.91 Å². The van der Waals surface area contributed by atoms with Gasteiger partial charge in [-0.05, 0) is 43.9 Å². The average molecular weight is 334 g/mol. The fraction of sp³-hybridized carbons (Fsp3) is 0.278. The lowest BCUT2D eigenvalue weighted by Gasteiger charge is -2.23. The lowest BCUT2D eigenvalue weighted by atomic mass is 10.1. The molecule has 0 aliphatic rings. The molecule has 24 heavy (non-hydrogen) atoms. The zero-order valence-electron chi connectivity index (χ0n) is 13.6. The molecule has 0 aromatic heterocycles. The first-order valence-corrected chi connectivity index (χ1v) is 7.51. The van der Waals surface area contributed by atoms with E-state index >= 15 is 0 Å². The SMILES string of the molecule is CN(C)C[C@H](NC(=O)c1ccc(OC(F)F)cc1)c1ccccc1. The number of carbonyl (C=O) groups is 1. The molecule has 0 aliphatic carbocycles. The summed E-state index contributed by atoms with van der Waals surface area (Å²) in [5, 5.41) is 2.97. The van der Waals surface area contributed by atoms with E-state index in [1.54, 1.807) is 0 Å². The fourth-order valence-corrected chi connectivity index (χ4v) is 2.31. The Hall–Kier alpha value is -2.47. The molecular weight excluding hydrogens is 314 g/mol. The highest BCUT2D eigenvalue weighted by Crippen LogP contribution is 2.17. The second-order valence-corrected chi connectivity index (χ2v) is 5.60. The number of alkyl halides is 2. The van der Waals surface area contributed by atoms with Gasteiger partial charge in [0, 0.05) is 12.1 Å². The molecule has 0 unspecified atom stereocenters. The van der Waals surface area contributed by atoms with Crippen LogP contribution in [0.2, 0.25) is 0 Å². The summed E-state index contributed by atoms with van der Waals surface area (Å²) in [4.78, 5) is 14.4. The van der Waals surface area contributed by atoms with Crippen molar-refractivity contribution in [3.05, 3.63) is 65.7 Å². The molecule has 1 amide bonds. The number of nitrogens with one attached hydrogen (secondary N) is 1. The molecule has 1 atom stereocenters. The normalized spacial score (nSPS) is 12.2. The summed E-state index contributed by atoms with van der Waals surface area (Å²) < 4.78 is 28.6. The average Bonchev–Trinajstić information content (AvgIpc) is 2.54. The van der Waals surface area contributed by atoms with Gasteiger partial charge in [-0.25, -0.2) is 0 Å².